The van der Waals surface area contributed by atoms with Crippen molar-refractivity contribution in [2.24, 2.45) is 5.73 Å². The van der Waals surface area contributed by atoms with Crippen LogP contribution in [0.5, 0.6) is 0 Å². The Morgan fingerprint density at radius 3 is 2.79 bits per heavy atom. The maximum absolute atomic E-state index is 10.8. The van der Waals surface area contributed by atoms with Crippen molar-refractivity contribution < 1.29 is 9.90 Å². The Balaban J connectivity index is 2.01. The second kappa shape index (κ2) is 4.51. The molecule has 3 N–H and O–H groups in total. The Kier molecular flexibility index (Phi) is 2.83. The third-order valence-electron chi connectivity index (χ3n) is 3.59. The molecule has 1 aromatic carbocycles. The maximum atomic E-state index is 10.8. The highest BCUT2D eigenvalue weighted by Crippen LogP contribution is 2.29. The molecule has 1 unspecified atom stereocenters. The molecule has 0 saturated heterocycles. The first kappa shape index (κ1) is 11.9. The van der Waals surface area contributed by atoms with Crippen molar-refractivity contribution in [3.63, 3.8) is 0 Å². The molecule has 5 nitrogen and oxygen atoms in total. The SMILES string of the molecule is NC1CCCc2c1cnn2-c1ccc(C(=O)O)cc1. The molecule has 0 radical (unpaired) electrons. The van der Waals surface area contributed by atoms with Gasteiger partial charge < -0.3 is 10.8 Å². The first-order chi connectivity index (χ1) is 9.16. The number of aromatic nitrogens is 2. The van der Waals surface area contributed by atoms with Gasteiger partial charge in [0.05, 0.1) is 17.4 Å². The zero-order chi connectivity index (χ0) is 13.4. The third kappa shape index (κ3) is 2.02. The van der Waals surface area contributed by atoms with Gasteiger partial charge in [-0.2, -0.15) is 5.10 Å². The van der Waals surface area contributed by atoms with Crippen molar-refractivity contribution >= 4 is 5.97 Å². The first-order valence-corrected chi connectivity index (χ1v) is 6.33. The number of carboxylic acid groups (broad SMARTS) is 1. The fraction of sp³-hybridized carbons (Fsp3) is 0.286. The minimum absolute atomic E-state index is 0.0655. The molecule has 0 fully saturated rings. The molecule has 0 aliphatic heterocycles. The number of carboxylic acids is 1. The van der Waals surface area contributed by atoms with Gasteiger partial charge in [-0.3, -0.25) is 0 Å². The van der Waals surface area contributed by atoms with Crippen molar-refractivity contribution in [1.82, 2.24) is 9.78 Å². The van der Waals surface area contributed by atoms with Gasteiger partial charge in [0.2, 0.25) is 0 Å². The Labute approximate surface area is 110 Å². The van der Waals surface area contributed by atoms with Gasteiger partial charge in [-0.25, -0.2) is 9.48 Å². The van der Waals surface area contributed by atoms with Crippen LogP contribution in [0.2, 0.25) is 0 Å². The fourth-order valence-corrected chi connectivity index (χ4v) is 2.56. The molecule has 1 aliphatic carbocycles. The zero-order valence-electron chi connectivity index (χ0n) is 10.4. The smallest absolute Gasteiger partial charge is 0.335 e. The van der Waals surface area contributed by atoms with E-state index in [1.807, 2.05) is 10.9 Å². The predicted octanol–water partition coefficient (Wildman–Crippen LogP) is 1.91. The molecule has 1 aliphatic rings. The normalized spacial score (nSPS) is 18.1. The van der Waals surface area contributed by atoms with Gasteiger partial charge in [-0.1, -0.05) is 0 Å². The molecule has 5 heteroatoms. The second-order valence-corrected chi connectivity index (χ2v) is 4.81. The minimum atomic E-state index is -0.920. The number of hydrogen-bond acceptors (Lipinski definition) is 3. The minimum Gasteiger partial charge on any atom is -0.478 e. The number of benzene rings is 1. The highest BCUT2D eigenvalue weighted by molar-refractivity contribution is 5.87. The van der Waals surface area contributed by atoms with Crippen molar-refractivity contribution in [1.29, 1.82) is 0 Å². The van der Waals surface area contributed by atoms with Crippen LogP contribution < -0.4 is 5.73 Å². The lowest BCUT2D eigenvalue weighted by Crippen LogP contribution is -2.18. The van der Waals surface area contributed by atoms with Crippen LogP contribution in [0.4, 0.5) is 0 Å². The molecular weight excluding hydrogens is 242 g/mol. The third-order valence-corrected chi connectivity index (χ3v) is 3.59. The largest absolute Gasteiger partial charge is 0.478 e. The standard InChI is InChI=1S/C14H15N3O2/c15-12-2-1-3-13-11(12)8-16-17(13)10-6-4-9(5-7-10)14(18)19/h4-8,12H,1-3,15H2,(H,18,19). The van der Waals surface area contributed by atoms with Crippen molar-refractivity contribution in [3.8, 4) is 5.69 Å². The summed E-state index contributed by atoms with van der Waals surface area (Å²) in [5.41, 5.74) is 9.47. The molecule has 1 aromatic heterocycles. The number of rotatable bonds is 2. The Hall–Kier alpha value is -2.14. The number of carbonyl (C=O) groups is 1. The van der Waals surface area contributed by atoms with Gasteiger partial charge in [-0.15, -0.1) is 0 Å². The Bertz CT molecular complexity index is 616. The lowest BCUT2D eigenvalue weighted by molar-refractivity contribution is 0.0697. The van der Waals surface area contributed by atoms with Crippen molar-refractivity contribution in [2.45, 2.75) is 25.3 Å². The predicted molar refractivity (Wildman–Crippen MR) is 70.4 cm³/mol. The summed E-state index contributed by atoms with van der Waals surface area (Å²) < 4.78 is 1.86. The summed E-state index contributed by atoms with van der Waals surface area (Å²) in [7, 11) is 0. The first-order valence-electron chi connectivity index (χ1n) is 6.33. The number of nitrogens with zero attached hydrogens (tertiary/aromatic N) is 2. The van der Waals surface area contributed by atoms with E-state index in [4.69, 9.17) is 10.8 Å². The lowest BCUT2D eigenvalue weighted by atomic mass is 9.94. The lowest BCUT2D eigenvalue weighted by Gasteiger charge is -2.19. The monoisotopic (exact) mass is 257 g/mol. The van der Waals surface area contributed by atoms with Crippen LogP contribution in [0.1, 0.15) is 40.5 Å². The summed E-state index contributed by atoms with van der Waals surface area (Å²) in [4.78, 5) is 10.8. The van der Waals surface area contributed by atoms with E-state index in [-0.39, 0.29) is 11.6 Å². The van der Waals surface area contributed by atoms with Gasteiger partial charge in [0.1, 0.15) is 0 Å². The summed E-state index contributed by atoms with van der Waals surface area (Å²) in [6.45, 7) is 0. The summed E-state index contributed by atoms with van der Waals surface area (Å²) in [5.74, 6) is -0.920. The molecule has 98 valence electrons. The molecular formula is C14H15N3O2. The fourth-order valence-electron chi connectivity index (χ4n) is 2.56. The van der Waals surface area contributed by atoms with Crippen molar-refractivity contribution in [3.05, 3.63) is 47.3 Å². The Morgan fingerprint density at radius 2 is 2.11 bits per heavy atom. The summed E-state index contributed by atoms with van der Waals surface area (Å²) in [5, 5.41) is 13.3. The summed E-state index contributed by atoms with van der Waals surface area (Å²) >= 11 is 0. The van der Waals surface area contributed by atoms with Gasteiger partial charge in [0.15, 0.2) is 0 Å². The van der Waals surface area contributed by atoms with Crippen LogP contribution in [-0.4, -0.2) is 20.9 Å². The molecule has 0 spiro atoms. The zero-order valence-corrected chi connectivity index (χ0v) is 10.4. The van der Waals surface area contributed by atoms with E-state index in [0.29, 0.717) is 0 Å². The average Bonchev–Trinajstić information content (AvgIpc) is 2.84. The maximum Gasteiger partial charge on any atom is 0.335 e. The van der Waals surface area contributed by atoms with E-state index in [1.165, 1.54) is 0 Å². The van der Waals surface area contributed by atoms with Crippen LogP contribution in [0.15, 0.2) is 30.5 Å². The highest BCUT2D eigenvalue weighted by Gasteiger charge is 2.21. The van der Waals surface area contributed by atoms with E-state index in [2.05, 4.69) is 5.10 Å². The molecule has 1 atom stereocenters. The number of hydrogen-bond donors (Lipinski definition) is 2. The highest BCUT2D eigenvalue weighted by atomic mass is 16.4. The van der Waals surface area contributed by atoms with E-state index in [1.54, 1.807) is 24.3 Å². The number of fused-ring (bicyclic) bond motifs is 1. The molecule has 2 aromatic rings. The average molecular weight is 257 g/mol. The van der Waals surface area contributed by atoms with E-state index in [0.717, 1.165) is 36.2 Å². The second-order valence-electron chi connectivity index (χ2n) is 4.81. The van der Waals surface area contributed by atoms with Gasteiger partial charge in [0.25, 0.3) is 0 Å². The molecule has 1 heterocycles. The van der Waals surface area contributed by atoms with Crippen LogP contribution in [0, 0.1) is 0 Å². The molecule has 0 amide bonds. The van der Waals surface area contributed by atoms with Gasteiger partial charge >= 0.3 is 5.97 Å². The van der Waals surface area contributed by atoms with Crippen LogP contribution in [-0.2, 0) is 6.42 Å². The topological polar surface area (TPSA) is 81.1 Å². The molecule has 0 bridgehead atoms. The van der Waals surface area contributed by atoms with E-state index < -0.39 is 5.97 Å². The number of aromatic carboxylic acids is 1. The van der Waals surface area contributed by atoms with Crippen LogP contribution in [0.25, 0.3) is 5.69 Å². The summed E-state index contributed by atoms with van der Waals surface area (Å²) in [6.07, 6.45) is 4.84. The molecule has 3 rings (SSSR count). The molecule has 0 saturated carbocycles. The number of nitrogens with two attached hydrogens (primary N) is 1. The van der Waals surface area contributed by atoms with E-state index in [9.17, 15) is 4.79 Å². The molecule has 19 heavy (non-hydrogen) atoms. The van der Waals surface area contributed by atoms with Gasteiger partial charge in [-0.05, 0) is 43.5 Å². The van der Waals surface area contributed by atoms with Gasteiger partial charge in [0, 0.05) is 17.3 Å². The van der Waals surface area contributed by atoms with Crippen LogP contribution >= 0.6 is 0 Å². The summed E-state index contributed by atoms with van der Waals surface area (Å²) in [6, 6.07) is 6.80. The van der Waals surface area contributed by atoms with E-state index >= 15 is 0 Å². The Morgan fingerprint density at radius 1 is 1.37 bits per heavy atom. The quantitative estimate of drug-likeness (QED) is 0.861. The van der Waals surface area contributed by atoms with Crippen LogP contribution in [0.3, 0.4) is 0 Å². The van der Waals surface area contributed by atoms with Crippen molar-refractivity contribution in [2.75, 3.05) is 0 Å².